The molecule has 0 aliphatic rings. The fourth-order valence-corrected chi connectivity index (χ4v) is 2.94. The molecule has 2 N–H and O–H groups in total. The SMILES string of the molecule is Cc1nc2sc(-c3ccco3)cc2c(N)c1C#N. The highest BCUT2D eigenvalue weighted by Crippen LogP contribution is 2.36. The van der Waals surface area contributed by atoms with E-state index >= 15 is 0 Å². The number of nitrogen functional groups attached to an aromatic ring is 1. The van der Waals surface area contributed by atoms with Gasteiger partial charge in [0.1, 0.15) is 16.7 Å². The topological polar surface area (TPSA) is 75.8 Å². The Hall–Kier alpha value is -2.32. The van der Waals surface area contributed by atoms with Gasteiger partial charge in [0, 0.05) is 5.39 Å². The van der Waals surface area contributed by atoms with Crippen LogP contribution in [0.5, 0.6) is 0 Å². The minimum Gasteiger partial charge on any atom is -0.464 e. The number of furan rings is 1. The molecule has 4 nitrogen and oxygen atoms in total. The van der Waals surface area contributed by atoms with Gasteiger partial charge in [0.15, 0.2) is 0 Å². The first-order chi connectivity index (χ1) is 8.70. The van der Waals surface area contributed by atoms with Gasteiger partial charge in [0.05, 0.1) is 28.1 Å². The minimum absolute atomic E-state index is 0.450. The summed E-state index contributed by atoms with van der Waals surface area (Å²) in [6, 6.07) is 7.74. The third-order valence-electron chi connectivity index (χ3n) is 2.78. The van der Waals surface area contributed by atoms with E-state index in [-0.39, 0.29) is 0 Å². The first-order valence-electron chi connectivity index (χ1n) is 5.34. The number of fused-ring (bicyclic) bond motifs is 1. The first kappa shape index (κ1) is 10.8. The summed E-state index contributed by atoms with van der Waals surface area (Å²) in [5, 5.41) is 9.88. The van der Waals surface area contributed by atoms with Crippen molar-refractivity contribution in [3.8, 4) is 16.7 Å². The molecular formula is C13H9N3OS. The highest BCUT2D eigenvalue weighted by molar-refractivity contribution is 7.21. The number of hydrogen-bond acceptors (Lipinski definition) is 5. The second-order valence-corrected chi connectivity index (χ2v) is 4.94. The molecular weight excluding hydrogens is 246 g/mol. The van der Waals surface area contributed by atoms with Crippen molar-refractivity contribution in [2.24, 2.45) is 0 Å². The summed E-state index contributed by atoms with van der Waals surface area (Å²) in [6.07, 6.45) is 1.63. The zero-order valence-electron chi connectivity index (χ0n) is 9.60. The Morgan fingerprint density at radius 1 is 1.50 bits per heavy atom. The molecule has 0 saturated heterocycles. The average Bonchev–Trinajstić information content (AvgIpc) is 2.96. The number of hydrogen-bond donors (Lipinski definition) is 1. The van der Waals surface area contributed by atoms with Crippen LogP contribution in [-0.2, 0) is 0 Å². The fraction of sp³-hybridized carbons (Fsp3) is 0.0769. The van der Waals surface area contributed by atoms with Gasteiger partial charge in [-0.05, 0) is 25.1 Å². The average molecular weight is 255 g/mol. The van der Waals surface area contributed by atoms with Crippen LogP contribution in [0.1, 0.15) is 11.3 Å². The predicted molar refractivity (Wildman–Crippen MR) is 71.2 cm³/mol. The van der Waals surface area contributed by atoms with Crippen molar-refractivity contribution in [2.45, 2.75) is 6.92 Å². The molecule has 0 fully saturated rings. The molecule has 0 spiro atoms. The lowest BCUT2D eigenvalue weighted by Gasteiger charge is -2.01. The predicted octanol–water partition coefficient (Wildman–Crippen LogP) is 3.32. The van der Waals surface area contributed by atoms with Crippen molar-refractivity contribution < 1.29 is 4.42 Å². The Balaban J connectivity index is 2.31. The Bertz CT molecular complexity index is 766. The molecule has 5 heteroatoms. The summed E-state index contributed by atoms with van der Waals surface area (Å²) >= 11 is 1.51. The van der Waals surface area contributed by atoms with Gasteiger partial charge in [-0.15, -0.1) is 11.3 Å². The summed E-state index contributed by atoms with van der Waals surface area (Å²) in [5.41, 5.74) is 7.62. The van der Waals surface area contributed by atoms with Crippen molar-refractivity contribution >= 4 is 27.2 Å². The maximum atomic E-state index is 9.06. The molecule has 0 saturated carbocycles. The van der Waals surface area contributed by atoms with E-state index < -0.39 is 0 Å². The Labute approximate surface area is 107 Å². The Morgan fingerprint density at radius 3 is 3.00 bits per heavy atom. The van der Waals surface area contributed by atoms with Crippen molar-refractivity contribution in [1.29, 1.82) is 5.26 Å². The first-order valence-corrected chi connectivity index (χ1v) is 6.16. The summed E-state index contributed by atoms with van der Waals surface area (Å²) in [7, 11) is 0. The quantitative estimate of drug-likeness (QED) is 0.723. The molecule has 88 valence electrons. The number of nitriles is 1. The van der Waals surface area contributed by atoms with Crippen LogP contribution in [0, 0.1) is 18.3 Å². The van der Waals surface area contributed by atoms with Gasteiger partial charge in [-0.2, -0.15) is 5.26 Å². The molecule has 18 heavy (non-hydrogen) atoms. The lowest BCUT2D eigenvalue weighted by molar-refractivity contribution is 0.584. The number of aryl methyl sites for hydroxylation is 1. The Morgan fingerprint density at radius 2 is 2.33 bits per heavy atom. The van der Waals surface area contributed by atoms with Gasteiger partial charge >= 0.3 is 0 Å². The Kier molecular flexibility index (Phi) is 2.32. The van der Waals surface area contributed by atoms with E-state index in [4.69, 9.17) is 15.4 Å². The molecule has 3 heterocycles. The second-order valence-electron chi connectivity index (χ2n) is 3.90. The fourth-order valence-electron chi connectivity index (χ4n) is 1.88. The molecule has 3 rings (SSSR count). The standard InChI is InChI=1S/C13H9N3OS/c1-7-9(6-14)12(15)8-5-11(18-13(8)16-7)10-3-2-4-17-10/h2-5H,1H3,(H2,15,16). The molecule has 0 aromatic carbocycles. The molecule has 0 atom stereocenters. The maximum Gasteiger partial charge on any atom is 0.143 e. The van der Waals surface area contributed by atoms with Crippen LogP contribution in [0.25, 0.3) is 20.9 Å². The van der Waals surface area contributed by atoms with Gasteiger partial charge in [0.2, 0.25) is 0 Å². The van der Waals surface area contributed by atoms with Gasteiger partial charge in [0.25, 0.3) is 0 Å². The lowest BCUT2D eigenvalue weighted by atomic mass is 10.1. The third-order valence-corrected chi connectivity index (χ3v) is 3.82. The van der Waals surface area contributed by atoms with Crippen LogP contribution in [0.3, 0.4) is 0 Å². The molecule has 0 amide bonds. The third kappa shape index (κ3) is 1.47. The van der Waals surface area contributed by atoms with Crippen molar-refractivity contribution in [3.63, 3.8) is 0 Å². The summed E-state index contributed by atoms with van der Waals surface area (Å²) in [5.74, 6) is 0.786. The number of nitrogens with two attached hydrogens (primary N) is 1. The minimum atomic E-state index is 0.450. The van der Waals surface area contributed by atoms with E-state index in [0.29, 0.717) is 16.9 Å². The van der Waals surface area contributed by atoms with Gasteiger partial charge in [-0.25, -0.2) is 4.98 Å². The number of anilines is 1. The molecule has 0 bridgehead atoms. The van der Waals surface area contributed by atoms with Gasteiger partial charge in [-0.1, -0.05) is 0 Å². The number of nitrogens with zero attached hydrogens (tertiary/aromatic N) is 2. The molecule has 0 aliphatic carbocycles. The van der Waals surface area contributed by atoms with E-state index in [1.54, 1.807) is 13.2 Å². The van der Waals surface area contributed by atoms with Crippen LogP contribution < -0.4 is 5.73 Å². The summed E-state index contributed by atoms with van der Waals surface area (Å²) in [6.45, 7) is 1.79. The van der Waals surface area contributed by atoms with Crippen LogP contribution in [0.15, 0.2) is 28.9 Å². The van der Waals surface area contributed by atoms with Crippen LogP contribution >= 0.6 is 11.3 Å². The highest BCUT2D eigenvalue weighted by atomic mass is 32.1. The normalized spacial score (nSPS) is 10.7. The van der Waals surface area contributed by atoms with Crippen LogP contribution in [0.4, 0.5) is 5.69 Å². The zero-order chi connectivity index (χ0) is 12.7. The largest absolute Gasteiger partial charge is 0.464 e. The highest BCUT2D eigenvalue weighted by Gasteiger charge is 2.14. The number of aromatic nitrogens is 1. The summed E-state index contributed by atoms with van der Waals surface area (Å²) < 4.78 is 5.35. The van der Waals surface area contributed by atoms with Gasteiger partial charge in [-0.3, -0.25) is 0 Å². The molecule has 0 aliphatic heterocycles. The van der Waals surface area contributed by atoms with Crippen LogP contribution in [-0.4, -0.2) is 4.98 Å². The number of pyridine rings is 1. The second kappa shape index (κ2) is 3.86. The van der Waals surface area contributed by atoms with E-state index in [1.807, 2.05) is 18.2 Å². The van der Waals surface area contributed by atoms with Crippen molar-refractivity contribution in [2.75, 3.05) is 5.73 Å². The van der Waals surface area contributed by atoms with E-state index in [1.165, 1.54) is 11.3 Å². The van der Waals surface area contributed by atoms with E-state index in [2.05, 4.69) is 11.1 Å². The van der Waals surface area contributed by atoms with E-state index in [0.717, 1.165) is 20.9 Å². The molecule has 3 aromatic rings. The number of thiophene rings is 1. The van der Waals surface area contributed by atoms with E-state index in [9.17, 15) is 0 Å². The smallest absolute Gasteiger partial charge is 0.143 e. The summed E-state index contributed by atoms with van der Waals surface area (Å²) in [4.78, 5) is 6.20. The van der Waals surface area contributed by atoms with Crippen molar-refractivity contribution in [3.05, 3.63) is 35.7 Å². The molecule has 3 aromatic heterocycles. The maximum absolute atomic E-state index is 9.06. The van der Waals surface area contributed by atoms with Crippen molar-refractivity contribution in [1.82, 2.24) is 4.98 Å². The zero-order valence-corrected chi connectivity index (χ0v) is 10.4. The van der Waals surface area contributed by atoms with Gasteiger partial charge < -0.3 is 10.2 Å². The molecule has 0 radical (unpaired) electrons. The van der Waals surface area contributed by atoms with Crippen LogP contribution in [0.2, 0.25) is 0 Å². The number of rotatable bonds is 1. The lowest BCUT2D eigenvalue weighted by Crippen LogP contribution is -1.96. The monoisotopic (exact) mass is 255 g/mol. The molecule has 0 unspecified atom stereocenters.